The Morgan fingerprint density at radius 2 is 2.29 bits per heavy atom. The van der Waals surface area contributed by atoms with Crippen LogP contribution >= 0.6 is 0 Å². The zero-order valence-corrected chi connectivity index (χ0v) is 9.29. The number of hydrogen-bond donors (Lipinski definition) is 1. The number of hydrogen-bond acceptors (Lipinski definition) is 2. The van der Waals surface area contributed by atoms with Gasteiger partial charge in [-0.3, -0.25) is 0 Å². The molecule has 1 aromatic rings. The molecule has 0 aliphatic heterocycles. The summed E-state index contributed by atoms with van der Waals surface area (Å²) in [5.41, 5.74) is 1.32. The predicted octanol–water partition coefficient (Wildman–Crippen LogP) is 1.63. The number of rotatable bonds is 6. The molecule has 1 aromatic heterocycles. The van der Waals surface area contributed by atoms with Gasteiger partial charge >= 0.3 is 0 Å². The molecule has 0 radical (unpaired) electrons. The maximum absolute atomic E-state index is 5.48. The molecule has 0 amide bonds. The average Bonchev–Trinajstić information content (AvgIpc) is 2.53. The van der Waals surface area contributed by atoms with E-state index in [9.17, 15) is 0 Å². The van der Waals surface area contributed by atoms with Gasteiger partial charge in [0.15, 0.2) is 0 Å². The van der Waals surface area contributed by atoms with Crippen LogP contribution in [0.2, 0.25) is 0 Å². The maximum Gasteiger partial charge on any atom is 0.0648 e. The van der Waals surface area contributed by atoms with Crippen LogP contribution in [0.25, 0.3) is 0 Å². The molecule has 1 rings (SSSR count). The zero-order chi connectivity index (χ0) is 10.4. The third-order valence-corrected chi connectivity index (χ3v) is 1.99. The first kappa shape index (κ1) is 11.3. The molecule has 0 spiro atoms. The number of nitrogens with one attached hydrogen (secondary N) is 1. The van der Waals surface area contributed by atoms with Crippen molar-refractivity contribution in [3.8, 4) is 0 Å². The second-order valence-electron chi connectivity index (χ2n) is 3.71. The van der Waals surface area contributed by atoms with E-state index in [1.807, 2.05) is 7.05 Å². The Balaban J connectivity index is 2.28. The normalized spacial score (nSPS) is 11.1. The quantitative estimate of drug-likeness (QED) is 0.748. The van der Waals surface area contributed by atoms with Crippen LogP contribution in [0.15, 0.2) is 18.5 Å². The molecule has 14 heavy (non-hydrogen) atoms. The van der Waals surface area contributed by atoms with E-state index in [0.29, 0.717) is 6.10 Å². The lowest BCUT2D eigenvalue weighted by atomic mass is 10.3. The van der Waals surface area contributed by atoms with Crippen LogP contribution in [-0.2, 0) is 17.8 Å². The Bertz CT molecular complexity index is 256. The molecule has 80 valence electrons. The van der Waals surface area contributed by atoms with E-state index in [0.717, 1.165) is 19.7 Å². The summed E-state index contributed by atoms with van der Waals surface area (Å²) in [6, 6.07) is 2.13. The average molecular weight is 196 g/mol. The highest BCUT2D eigenvalue weighted by atomic mass is 16.5. The third-order valence-electron chi connectivity index (χ3n) is 1.99. The lowest BCUT2D eigenvalue weighted by Crippen LogP contribution is -2.09. The summed E-state index contributed by atoms with van der Waals surface area (Å²) in [6.07, 6.45) is 4.57. The minimum atomic E-state index is 0.322. The number of aromatic nitrogens is 1. The Morgan fingerprint density at radius 3 is 2.93 bits per heavy atom. The Hall–Kier alpha value is -0.800. The second-order valence-corrected chi connectivity index (χ2v) is 3.71. The molecule has 0 saturated carbocycles. The van der Waals surface area contributed by atoms with Gasteiger partial charge in [-0.05, 0) is 32.5 Å². The van der Waals surface area contributed by atoms with Crippen molar-refractivity contribution in [2.75, 3.05) is 13.7 Å². The first-order valence-electron chi connectivity index (χ1n) is 5.13. The standard InChI is InChI=1S/C11H20N2O/c1-10(2)14-7-6-13-5-4-11(9-13)8-12-3/h4-5,9-10,12H,6-8H2,1-3H3. The molecule has 0 unspecified atom stereocenters. The van der Waals surface area contributed by atoms with Crippen molar-refractivity contribution in [3.05, 3.63) is 24.0 Å². The van der Waals surface area contributed by atoms with Crippen LogP contribution < -0.4 is 5.32 Å². The monoisotopic (exact) mass is 196 g/mol. The Kier molecular flexibility index (Phi) is 4.70. The van der Waals surface area contributed by atoms with Crippen LogP contribution in [0.1, 0.15) is 19.4 Å². The fourth-order valence-electron chi connectivity index (χ4n) is 1.33. The topological polar surface area (TPSA) is 26.2 Å². The predicted molar refractivity (Wildman–Crippen MR) is 58.3 cm³/mol. The SMILES string of the molecule is CNCc1ccn(CCOC(C)C)c1. The van der Waals surface area contributed by atoms with Gasteiger partial charge in [0.05, 0.1) is 12.7 Å². The minimum Gasteiger partial charge on any atom is -0.377 e. The minimum absolute atomic E-state index is 0.322. The lowest BCUT2D eigenvalue weighted by molar-refractivity contribution is 0.0728. The van der Waals surface area contributed by atoms with Crippen molar-refractivity contribution >= 4 is 0 Å². The highest BCUT2D eigenvalue weighted by molar-refractivity contribution is 5.09. The molecule has 0 atom stereocenters. The molecule has 1 heterocycles. The van der Waals surface area contributed by atoms with Gasteiger partial charge in [0, 0.05) is 25.5 Å². The summed E-state index contributed by atoms with van der Waals surface area (Å²) in [5.74, 6) is 0. The van der Waals surface area contributed by atoms with Crippen LogP contribution in [0.4, 0.5) is 0 Å². The van der Waals surface area contributed by atoms with Gasteiger partial charge in [0.25, 0.3) is 0 Å². The highest BCUT2D eigenvalue weighted by Gasteiger charge is 1.96. The van der Waals surface area contributed by atoms with Gasteiger partial charge in [-0.15, -0.1) is 0 Å². The van der Waals surface area contributed by atoms with Crippen LogP contribution in [0, 0.1) is 0 Å². The Morgan fingerprint density at radius 1 is 1.50 bits per heavy atom. The van der Waals surface area contributed by atoms with Gasteiger partial charge in [-0.2, -0.15) is 0 Å². The third kappa shape index (κ3) is 3.94. The van der Waals surface area contributed by atoms with Gasteiger partial charge in [-0.25, -0.2) is 0 Å². The Labute approximate surface area is 86.1 Å². The van der Waals surface area contributed by atoms with E-state index >= 15 is 0 Å². The summed E-state index contributed by atoms with van der Waals surface area (Å²) < 4.78 is 7.64. The molecular formula is C11H20N2O. The molecule has 3 heteroatoms. The first-order valence-corrected chi connectivity index (χ1v) is 5.13. The molecule has 0 aliphatic rings. The van der Waals surface area contributed by atoms with Crippen LogP contribution in [0.5, 0.6) is 0 Å². The maximum atomic E-state index is 5.48. The first-order chi connectivity index (χ1) is 6.72. The molecule has 0 aromatic carbocycles. The van der Waals surface area contributed by atoms with E-state index in [1.165, 1.54) is 5.56 Å². The largest absolute Gasteiger partial charge is 0.377 e. The van der Waals surface area contributed by atoms with Gasteiger partial charge in [-0.1, -0.05) is 0 Å². The van der Waals surface area contributed by atoms with Crippen molar-refractivity contribution in [3.63, 3.8) is 0 Å². The molecule has 0 bridgehead atoms. The van der Waals surface area contributed by atoms with Crippen molar-refractivity contribution in [2.24, 2.45) is 0 Å². The van der Waals surface area contributed by atoms with Crippen molar-refractivity contribution in [2.45, 2.75) is 33.0 Å². The van der Waals surface area contributed by atoms with Gasteiger partial charge in [0.1, 0.15) is 0 Å². The fraction of sp³-hybridized carbons (Fsp3) is 0.636. The number of nitrogens with zero attached hydrogens (tertiary/aromatic N) is 1. The summed E-state index contributed by atoms with van der Waals surface area (Å²) in [5, 5.41) is 3.13. The summed E-state index contributed by atoms with van der Waals surface area (Å²) >= 11 is 0. The molecule has 0 aliphatic carbocycles. The molecular weight excluding hydrogens is 176 g/mol. The second kappa shape index (κ2) is 5.83. The van der Waals surface area contributed by atoms with Crippen LogP contribution in [-0.4, -0.2) is 24.3 Å². The van der Waals surface area contributed by atoms with Crippen molar-refractivity contribution in [1.29, 1.82) is 0 Å². The van der Waals surface area contributed by atoms with Gasteiger partial charge in [0.2, 0.25) is 0 Å². The zero-order valence-electron chi connectivity index (χ0n) is 9.29. The molecule has 3 nitrogen and oxygen atoms in total. The van der Waals surface area contributed by atoms with Crippen molar-refractivity contribution < 1.29 is 4.74 Å². The molecule has 0 saturated heterocycles. The van der Waals surface area contributed by atoms with E-state index in [1.54, 1.807) is 0 Å². The fourth-order valence-corrected chi connectivity index (χ4v) is 1.33. The smallest absolute Gasteiger partial charge is 0.0648 e. The lowest BCUT2D eigenvalue weighted by Gasteiger charge is -2.07. The number of ether oxygens (including phenoxy) is 1. The summed E-state index contributed by atoms with van der Waals surface area (Å²) in [6.45, 7) is 6.76. The van der Waals surface area contributed by atoms with Gasteiger partial charge < -0.3 is 14.6 Å². The van der Waals surface area contributed by atoms with E-state index in [2.05, 4.69) is 42.2 Å². The van der Waals surface area contributed by atoms with Crippen molar-refractivity contribution in [1.82, 2.24) is 9.88 Å². The van der Waals surface area contributed by atoms with E-state index < -0.39 is 0 Å². The molecule has 1 N–H and O–H groups in total. The molecule has 0 fully saturated rings. The summed E-state index contributed by atoms with van der Waals surface area (Å²) in [4.78, 5) is 0. The van der Waals surface area contributed by atoms with E-state index in [4.69, 9.17) is 4.74 Å². The highest BCUT2D eigenvalue weighted by Crippen LogP contribution is 2.01. The summed E-state index contributed by atoms with van der Waals surface area (Å²) in [7, 11) is 1.96. The van der Waals surface area contributed by atoms with Crippen LogP contribution in [0.3, 0.4) is 0 Å². The van der Waals surface area contributed by atoms with E-state index in [-0.39, 0.29) is 0 Å².